The second kappa shape index (κ2) is 7.75. The Morgan fingerprint density at radius 2 is 2.00 bits per heavy atom. The van der Waals surface area contributed by atoms with Crippen molar-refractivity contribution in [2.75, 3.05) is 44.8 Å². The van der Waals surface area contributed by atoms with Gasteiger partial charge in [-0.3, -0.25) is 4.79 Å². The normalized spacial score (nSPS) is 14.9. The van der Waals surface area contributed by atoms with E-state index in [1.54, 1.807) is 0 Å². The second-order valence-electron chi connectivity index (χ2n) is 4.72. The number of nitrogens with zero attached hydrogens (tertiary/aromatic N) is 1. The quantitative estimate of drug-likeness (QED) is 0.861. The minimum Gasteiger partial charge on any atom is -0.494 e. The summed E-state index contributed by atoms with van der Waals surface area (Å²) < 4.78 is 10.7. The summed E-state index contributed by atoms with van der Waals surface area (Å²) in [5.41, 5.74) is 0.926. The number of benzene rings is 1. The third kappa shape index (κ3) is 4.42. The van der Waals surface area contributed by atoms with Crippen LogP contribution < -0.4 is 10.1 Å². The first-order chi connectivity index (χ1) is 9.79. The Morgan fingerprint density at radius 3 is 2.65 bits per heavy atom. The van der Waals surface area contributed by atoms with Crippen LogP contribution in [0.5, 0.6) is 5.75 Å². The lowest BCUT2D eigenvalue weighted by Crippen LogP contribution is -2.43. The highest BCUT2D eigenvalue weighted by atomic mass is 16.5. The number of ether oxygens (including phenoxy) is 2. The molecule has 1 aromatic rings. The van der Waals surface area contributed by atoms with E-state index in [1.165, 1.54) is 0 Å². The molecular formula is C15H22N2O3. The van der Waals surface area contributed by atoms with E-state index in [4.69, 9.17) is 9.47 Å². The van der Waals surface area contributed by atoms with Crippen molar-refractivity contribution in [1.82, 2.24) is 4.90 Å². The third-order valence-corrected chi connectivity index (χ3v) is 3.13. The zero-order valence-electron chi connectivity index (χ0n) is 11.9. The van der Waals surface area contributed by atoms with Crippen molar-refractivity contribution in [2.24, 2.45) is 0 Å². The van der Waals surface area contributed by atoms with Gasteiger partial charge in [-0.25, -0.2) is 0 Å². The smallest absolute Gasteiger partial charge is 0.242 e. The second-order valence-corrected chi connectivity index (χ2v) is 4.72. The van der Waals surface area contributed by atoms with Crippen LogP contribution in [0.1, 0.15) is 13.3 Å². The predicted molar refractivity (Wildman–Crippen MR) is 78.1 cm³/mol. The average molecular weight is 278 g/mol. The molecule has 0 unspecified atom stereocenters. The maximum absolute atomic E-state index is 12.0. The highest BCUT2D eigenvalue weighted by Gasteiger charge is 2.16. The largest absolute Gasteiger partial charge is 0.494 e. The van der Waals surface area contributed by atoms with E-state index in [-0.39, 0.29) is 5.91 Å². The van der Waals surface area contributed by atoms with Gasteiger partial charge in [0.2, 0.25) is 5.91 Å². The van der Waals surface area contributed by atoms with Crippen molar-refractivity contribution in [3.8, 4) is 5.75 Å². The number of anilines is 1. The van der Waals surface area contributed by atoms with Crippen molar-refractivity contribution in [3.05, 3.63) is 24.3 Å². The molecule has 0 radical (unpaired) electrons. The van der Waals surface area contributed by atoms with E-state index in [9.17, 15) is 4.79 Å². The minimum absolute atomic E-state index is 0.111. The molecule has 1 heterocycles. The SMILES string of the molecule is CCCOc1ccc(NCC(=O)N2CCOCC2)cc1. The third-order valence-electron chi connectivity index (χ3n) is 3.13. The highest BCUT2D eigenvalue weighted by Crippen LogP contribution is 2.15. The molecule has 1 aromatic carbocycles. The number of morpholine rings is 1. The molecular weight excluding hydrogens is 256 g/mol. The zero-order chi connectivity index (χ0) is 14.2. The molecule has 1 aliphatic heterocycles. The molecule has 2 rings (SSSR count). The lowest BCUT2D eigenvalue weighted by atomic mass is 10.3. The number of carbonyl (C=O) groups excluding carboxylic acids is 1. The lowest BCUT2D eigenvalue weighted by molar-refractivity contribution is -0.133. The van der Waals surface area contributed by atoms with Crippen LogP contribution in [0.3, 0.4) is 0 Å². The molecule has 0 aromatic heterocycles. The van der Waals surface area contributed by atoms with Gasteiger partial charge in [-0.05, 0) is 30.7 Å². The molecule has 0 atom stereocenters. The molecule has 1 amide bonds. The Hall–Kier alpha value is -1.75. The zero-order valence-corrected chi connectivity index (χ0v) is 11.9. The molecule has 1 saturated heterocycles. The summed E-state index contributed by atoms with van der Waals surface area (Å²) in [6.07, 6.45) is 0.994. The van der Waals surface area contributed by atoms with Crippen molar-refractivity contribution in [2.45, 2.75) is 13.3 Å². The molecule has 110 valence electrons. The first-order valence-corrected chi connectivity index (χ1v) is 7.12. The van der Waals surface area contributed by atoms with Crippen molar-refractivity contribution < 1.29 is 14.3 Å². The van der Waals surface area contributed by atoms with Crippen LogP contribution >= 0.6 is 0 Å². The number of nitrogens with one attached hydrogen (secondary N) is 1. The Kier molecular flexibility index (Phi) is 5.68. The minimum atomic E-state index is 0.111. The molecule has 5 heteroatoms. The van der Waals surface area contributed by atoms with Gasteiger partial charge in [-0.1, -0.05) is 6.92 Å². The van der Waals surface area contributed by atoms with Gasteiger partial charge < -0.3 is 19.7 Å². The van der Waals surface area contributed by atoms with Crippen molar-refractivity contribution in [3.63, 3.8) is 0 Å². The standard InChI is InChI=1S/C15H22N2O3/c1-2-9-20-14-5-3-13(4-6-14)16-12-15(18)17-7-10-19-11-8-17/h3-6,16H,2,7-12H2,1H3. The summed E-state index contributed by atoms with van der Waals surface area (Å²) in [5.74, 6) is 0.969. The van der Waals surface area contributed by atoms with Gasteiger partial charge in [0.05, 0.1) is 26.4 Å². The van der Waals surface area contributed by atoms with Gasteiger partial charge in [0, 0.05) is 18.8 Å². The van der Waals surface area contributed by atoms with Gasteiger partial charge in [-0.15, -0.1) is 0 Å². The molecule has 0 saturated carbocycles. The van der Waals surface area contributed by atoms with Crippen LogP contribution in [0.15, 0.2) is 24.3 Å². The Balaban J connectivity index is 1.76. The molecule has 0 spiro atoms. The predicted octanol–water partition coefficient (Wildman–Crippen LogP) is 1.75. The fraction of sp³-hybridized carbons (Fsp3) is 0.533. The maximum Gasteiger partial charge on any atom is 0.242 e. The van der Waals surface area contributed by atoms with E-state index in [0.29, 0.717) is 32.8 Å². The summed E-state index contributed by atoms with van der Waals surface area (Å²) in [4.78, 5) is 13.8. The lowest BCUT2D eigenvalue weighted by Gasteiger charge is -2.27. The fourth-order valence-corrected chi connectivity index (χ4v) is 1.99. The number of amides is 1. The summed E-state index contributed by atoms with van der Waals surface area (Å²) in [6, 6.07) is 7.68. The van der Waals surface area contributed by atoms with Gasteiger partial charge in [0.25, 0.3) is 0 Å². The van der Waals surface area contributed by atoms with Gasteiger partial charge >= 0.3 is 0 Å². The molecule has 1 N–H and O–H groups in total. The van der Waals surface area contributed by atoms with E-state index in [0.717, 1.165) is 24.5 Å². The maximum atomic E-state index is 12.0. The van der Waals surface area contributed by atoms with Crippen molar-refractivity contribution in [1.29, 1.82) is 0 Å². The average Bonchev–Trinajstić information content (AvgIpc) is 2.52. The Labute approximate surface area is 119 Å². The summed E-state index contributed by atoms with van der Waals surface area (Å²) in [6.45, 7) is 5.75. The summed E-state index contributed by atoms with van der Waals surface area (Å²) in [5, 5.41) is 3.14. The molecule has 0 aliphatic carbocycles. The molecule has 20 heavy (non-hydrogen) atoms. The first-order valence-electron chi connectivity index (χ1n) is 7.12. The van der Waals surface area contributed by atoms with Gasteiger partial charge in [-0.2, -0.15) is 0 Å². The Morgan fingerprint density at radius 1 is 1.30 bits per heavy atom. The highest BCUT2D eigenvalue weighted by molar-refractivity contribution is 5.81. The van der Waals surface area contributed by atoms with E-state index in [1.807, 2.05) is 29.2 Å². The van der Waals surface area contributed by atoms with Gasteiger partial charge in [0.15, 0.2) is 0 Å². The van der Waals surface area contributed by atoms with Crippen LogP contribution in [0.25, 0.3) is 0 Å². The van der Waals surface area contributed by atoms with E-state index < -0.39 is 0 Å². The van der Waals surface area contributed by atoms with E-state index >= 15 is 0 Å². The molecule has 1 aliphatic rings. The van der Waals surface area contributed by atoms with E-state index in [2.05, 4.69) is 12.2 Å². The van der Waals surface area contributed by atoms with Crippen LogP contribution in [0, 0.1) is 0 Å². The first kappa shape index (κ1) is 14.7. The van der Waals surface area contributed by atoms with Crippen LogP contribution in [0.2, 0.25) is 0 Å². The summed E-state index contributed by atoms with van der Waals surface area (Å²) in [7, 11) is 0. The van der Waals surface area contributed by atoms with Gasteiger partial charge in [0.1, 0.15) is 5.75 Å². The van der Waals surface area contributed by atoms with Crippen LogP contribution in [-0.2, 0) is 9.53 Å². The molecule has 5 nitrogen and oxygen atoms in total. The summed E-state index contributed by atoms with van der Waals surface area (Å²) >= 11 is 0. The van der Waals surface area contributed by atoms with Crippen LogP contribution in [-0.4, -0.2) is 50.3 Å². The number of carbonyl (C=O) groups is 1. The topological polar surface area (TPSA) is 50.8 Å². The van der Waals surface area contributed by atoms with Crippen LogP contribution in [0.4, 0.5) is 5.69 Å². The Bertz CT molecular complexity index is 414. The number of hydrogen-bond acceptors (Lipinski definition) is 4. The number of rotatable bonds is 6. The molecule has 1 fully saturated rings. The molecule has 0 bridgehead atoms. The fourth-order valence-electron chi connectivity index (χ4n) is 1.99. The number of hydrogen-bond donors (Lipinski definition) is 1. The monoisotopic (exact) mass is 278 g/mol. The van der Waals surface area contributed by atoms with Crippen molar-refractivity contribution >= 4 is 11.6 Å².